The van der Waals surface area contributed by atoms with E-state index in [4.69, 9.17) is 16.3 Å². The summed E-state index contributed by atoms with van der Waals surface area (Å²) in [7, 11) is 1.56. The van der Waals surface area contributed by atoms with E-state index < -0.39 is 0 Å². The SMILES string of the molecule is COc1ccccc1C(=O)N(C1=N[C@@H](C)CS1)c1ccc(Cl)cc1. The normalized spacial score (nSPS) is 16.6. The van der Waals surface area contributed by atoms with Gasteiger partial charge in [0.15, 0.2) is 5.17 Å². The summed E-state index contributed by atoms with van der Waals surface area (Å²) in [4.78, 5) is 19.5. The number of para-hydroxylation sites is 1. The molecule has 0 fully saturated rings. The number of halogens is 1. The van der Waals surface area contributed by atoms with Crippen molar-refractivity contribution in [2.24, 2.45) is 4.99 Å². The molecule has 3 rings (SSSR count). The lowest BCUT2D eigenvalue weighted by molar-refractivity contribution is 0.1000. The molecule has 0 unspecified atom stereocenters. The van der Waals surface area contributed by atoms with Crippen LogP contribution < -0.4 is 9.64 Å². The minimum Gasteiger partial charge on any atom is -0.496 e. The first-order chi connectivity index (χ1) is 11.6. The van der Waals surface area contributed by atoms with Gasteiger partial charge in [-0.25, -0.2) is 0 Å². The van der Waals surface area contributed by atoms with Crippen molar-refractivity contribution in [3.8, 4) is 5.75 Å². The number of nitrogens with zero attached hydrogens (tertiary/aromatic N) is 2. The third-order valence-electron chi connectivity index (χ3n) is 3.60. The number of aliphatic imine (C=N–C) groups is 1. The number of anilines is 1. The van der Waals surface area contributed by atoms with E-state index in [9.17, 15) is 4.79 Å². The Morgan fingerprint density at radius 2 is 1.96 bits per heavy atom. The van der Waals surface area contributed by atoms with Crippen LogP contribution in [0, 0.1) is 0 Å². The van der Waals surface area contributed by atoms with E-state index in [1.807, 2.05) is 31.2 Å². The Hall–Kier alpha value is -1.98. The summed E-state index contributed by atoms with van der Waals surface area (Å²) < 4.78 is 5.34. The lowest BCUT2D eigenvalue weighted by atomic mass is 10.1. The van der Waals surface area contributed by atoms with Gasteiger partial charge in [-0.3, -0.25) is 14.7 Å². The Bertz CT molecular complexity index is 777. The molecule has 0 saturated heterocycles. The van der Waals surface area contributed by atoms with Gasteiger partial charge in [0.2, 0.25) is 0 Å². The van der Waals surface area contributed by atoms with Crippen LogP contribution in [0.25, 0.3) is 0 Å². The summed E-state index contributed by atoms with van der Waals surface area (Å²) >= 11 is 7.56. The van der Waals surface area contributed by atoms with Gasteiger partial charge in [0.05, 0.1) is 24.4 Å². The average molecular weight is 361 g/mol. The number of carbonyl (C=O) groups excluding carboxylic acids is 1. The molecular formula is C18H17ClN2O2S. The van der Waals surface area contributed by atoms with E-state index in [1.54, 1.807) is 48.0 Å². The summed E-state index contributed by atoms with van der Waals surface area (Å²) in [5.74, 6) is 1.23. The summed E-state index contributed by atoms with van der Waals surface area (Å²) in [5.41, 5.74) is 1.23. The first-order valence-electron chi connectivity index (χ1n) is 7.54. The zero-order valence-electron chi connectivity index (χ0n) is 13.4. The Labute approximate surface area is 150 Å². The molecule has 2 aromatic carbocycles. The third-order valence-corrected chi connectivity index (χ3v) is 5.05. The standard InChI is InChI=1S/C18H17ClN2O2S/c1-12-11-24-18(20-12)21(14-9-7-13(19)8-10-14)17(22)15-5-3-4-6-16(15)23-2/h3-10,12H,11H2,1-2H3/t12-/m0/s1. The van der Waals surface area contributed by atoms with E-state index in [-0.39, 0.29) is 11.9 Å². The van der Waals surface area contributed by atoms with Gasteiger partial charge in [-0.2, -0.15) is 0 Å². The van der Waals surface area contributed by atoms with Crippen molar-refractivity contribution in [2.45, 2.75) is 13.0 Å². The highest BCUT2D eigenvalue weighted by Gasteiger charge is 2.29. The first kappa shape index (κ1) is 16.9. The Morgan fingerprint density at radius 3 is 2.58 bits per heavy atom. The highest BCUT2D eigenvalue weighted by atomic mass is 35.5. The molecule has 1 amide bonds. The number of benzene rings is 2. The number of rotatable bonds is 3. The molecule has 1 aliphatic heterocycles. The molecule has 0 radical (unpaired) electrons. The van der Waals surface area contributed by atoms with Crippen molar-refractivity contribution in [3.05, 3.63) is 59.1 Å². The Balaban J connectivity index is 2.06. The average Bonchev–Trinajstić information content (AvgIpc) is 3.02. The highest BCUT2D eigenvalue weighted by molar-refractivity contribution is 8.14. The topological polar surface area (TPSA) is 41.9 Å². The molecule has 0 aromatic heterocycles. The number of amides is 1. The predicted molar refractivity (Wildman–Crippen MR) is 101 cm³/mol. The molecular weight excluding hydrogens is 344 g/mol. The number of ether oxygens (including phenoxy) is 1. The molecule has 4 nitrogen and oxygen atoms in total. The van der Waals surface area contributed by atoms with Crippen LogP contribution in [0.5, 0.6) is 5.75 Å². The maximum absolute atomic E-state index is 13.2. The molecule has 1 heterocycles. The van der Waals surface area contributed by atoms with Crippen LogP contribution in [-0.2, 0) is 0 Å². The second-order valence-corrected chi connectivity index (χ2v) is 6.81. The number of hydrogen-bond acceptors (Lipinski definition) is 4. The summed E-state index contributed by atoms with van der Waals surface area (Å²) in [6, 6.07) is 14.6. The number of amidine groups is 1. The molecule has 24 heavy (non-hydrogen) atoms. The van der Waals surface area contributed by atoms with Crippen molar-refractivity contribution in [3.63, 3.8) is 0 Å². The zero-order chi connectivity index (χ0) is 17.1. The molecule has 0 bridgehead atoms. The highest BCUT2D eigenvalue weighted by Crippen LogP contribution is 2.30. The van der Waals surface area contributed by atoms with Gasteiger partial charge in [-0.1, -0.05) is 35.5 Å². The molecule has 0 aliphatic carbocycles. The number of hydrogen-bond donors (Lipinski definition) is 0. The van der Waals surface area contributed by atoms with Crippen LogP contribution in [0.1, 0.15) is 17.3 Å². The van der Waals surface area contributed by atoms with Crippen LogP contribution in [-0.4, -0.2) is 30.0 Å². The minimum absolute atomic E-state index is 0.171. The summed E-state index contributed by atoms with van der Waals surface area (Å²) in [5, 5.41) is 1.32. The number of carbonyl (C=O) groups is 1. The van der Waals surface area contributed by atoms with Gasteiger partial charge < -0.3 is 4.74 Å². The van der Waals surface area contributed by atoms with Gasteiger partial charge in [0, 0.05) is 10.8 Å². The van der Waals surface area contributed by atoms with Crippen molar-refractivity contribution in [1.82, 2.24) is 0 Å². The van der Waals surface area contributed by atoms with Gasteiger partial charge in [-0.05, 0) is 43.3 Å². The maximum Gasteiger partial charge on any atom is 0.268 e. The van der Waals surface area contributed by atoms with Crippen LogP contribution in [0.3, 0.4) is 0 Å². The van der Waals surface area contributed by atoms with Gasteiger partial charge in [0.25, 0.3) is 5.91 Å². The quantitative estimate of drug-likeness (QED) is 0.810. The van der Waals surface area contributed by atoms with Gasteiger partial charge >= 0.3 is 0 Å². The Kier molecular flexibility index (Phi) is 5.11. The van der Waals surface area contributed by atoms with E-state index in [1.165, 1.54) is 0 Å². The molecule has 0 N–H and O–H groups in total. The fourth-order valence-corrected chi connectivity index (χ4v) is 3.59. The monoisotopic (exact) mass is 360 g/mol. The number of methoxy groups -OCH3 is 1. The molecule has 1 aliphatic rings. The van der Waals surface area contributed by atoms with Crippen molar-refractivity contribution in [1.29, 1.82) is 0 Å². The van der Waals surface area contributed by atoms with E-state index in [2.05, 4.69) is 4.99 Å². The van der Waals surface area contributed by atoms with Crippen molar-refractivity contribution >= 4 is 40.1 Å². The van der Waals surface area contributed by atoms with Gasteiger partial charge in [0.1, 0.15) is 5.75 Å². The molecule has 2 aromatic rings. The Morgan fingerprint density at radius 1 is 1.25 bits per heavy atom. The van der Waals surface area contributed by atoms with E-state index >= 15 is 0 Å². The molecule has 1 atom stereocenters. The largest absolute Gasteiger partial charge is 0.496 e. The second-order valence-electron chi connectivity index (χ2n) is 5.39. The zero-order valence-corrected chi connectivity index (χ0v) is 15.0. The van der Waals surface area contributed by atoms with Crippen LogP contribution >= 0.6 is 23.4 Å². The second kappa shape index (κ2) is 7.28. The fourth-order valence-electron chi connectivity index (χ4n) is 2.43. The molecule has 0 saturated carbocycles. The van der Waals surface area contributed by atoms with Crippen LogP contribution in [0.2, 0.25) is 5.02 Å². The van der Waals surface area contributed by atoms with Crippen molar-refractivity contribution < 1.29 is 9.53 Å². The maximum atomic E-state index is 13.2. The molecule has 124 valence electrons. The predicted octanol–water partition coefficient (Wildman–Crippen LogP) is 4.49. The smallest absolute Gasteiger partial charge is 0.268 e. The van der Waals surface area contributed by atoms with E-state index in [0.717, 1.165) is 11.4 Å². The first-order valence-corrected chi connectivity index (χ1v) is 8.90. The summed E-state index contributed by atoms with van der Waals surface area (Å²) in [6.45, 7) is 2.04. The van der Waals surface area contributed by atoms with E-state index in [0.29, 0.717) is 21.5 Å². The minimum atomic E-state index is -0.171. The fraction of sp³-hybridized carbons (Fsp3) is 0.222. The third kappa shape index (κ3) is 3.42. The molecule has 0 spiro atoms. The number of thioether (sulfide) groups is 1. The lowest BCUT2D eigenvalue weighted by Gasteiger charge is -2.23. The van der Waals surface area contributed by atoms with Crippen LogP contribution in [0.15, 0.2) is 53.5 Å². The van der Waals surface area contributed by atoms with Crippen molar-refractivity contribution in [2.75, 3.05) is 17.8 Å². The molecule has 6 heteroatoms. The van der Waals surface area contributed by atoms with Crippen LogP contribution in [0.4, 0.5) is 5.69 Å². The summed E-state index contributed by atoms with van der Waals surface area (Å²) in [6.07, 6.45) is 0. The lowest BCUT2D eigenvalue weighted by Crippen LogP contribution is -2.35. The van der Waals surface area contributed by atoms with Gasteiger partial charge in [-0.15, -0.1) is 0 Å².